The minimum absolute atomic E-state index is 0.0132. The molecule has 1 unspecified atom stereocenters. The molecule has 1 aliphatic rings. The molecule has 6 heteroatoms. The molecule has 0 aliphatic carbocycles. The summed E-state index contributed by atoms with van der Waals surface area (Å²) in [6, 6.07) is 11.5. The van der Waals surface area contributed by atoms with Gasteiger partial charge in [-0.2, -0.15) is 5.26 Å². The van der Waals surface area contributed by atoms with Crippen molar-refractivity contribution in [2.24, 2.45) is 0 Å². The minimum Gasteiger partial charge on any atom is -0.465 e. The van der Waals surface area contributed by atoms with Crippen LogP contribution in [0.4, 0.5) is 5.69 Å². The maximum atomic E-state index is 11.8. The molecule has 3 heterocycles. The predicted octanol–water partition coefficient (Wildman–Crippen LogP) is 4.52. The second kappa shape index (κ2) is 6.04. The molecule has 122 valence electrons. The number of rotatable bonds is 3. The number of anilines is 1. The zero-order valence-corrected chi connectivity index (χ0v) is 14.1. The van der Waals surface area contributed by atoms with Crippen molar-refractivity contribution in [2.45, 2.75) is 12.8 Å². The highest BCUT2D eigenvalue weighted by atomic mass is 32.1. The number of hydrogen-bond acceptors (Lipinski definition) is 5. The molecular weight excluding hydrogens is 334 g/mol. The standard InChI is InChI=1S/C19H13N3O2S/c1-11-15-8-12(4-5-16(15)21-18(11)23)17-10-25-19(22-17)13(9-20)7-14-3-2-6-24-14/h2-8,10-11H,1H3,(H,21,23). The molecule has 1 aliphatic heterocycles. The third-order valence-corrected chi connectivity index (χ3v) is 5.03. The lowest BCUT2D eigenvalue weighted by molar-refractivity contribution is -0.116. The van der Waals surface area contributed by atoms with Crippen molar-refractivity contribution in [1.29, 1.82) is 5.26 Å². The van der Waals surface area contributed by atoms with Crippen LogP contribution in [-0.4, -0.2) is 10.9 Å². The van der Waals surface area contributed by atoms with Crippen molar-refractivity contribution in [3.63, 3.8) is 0 Å². The minimum atomic E-state index is -0.165. The Labute approximate surface area is 148 Å². The Kier molecular flexibility index (Phi) is 3.71. The molecule has 1 N–H and O–H groups in total. The average molecular weight is 347 g/mol. The number of benzene rings is 1. The van der Waals surface area contributed by atoms with Gasteiger partial charge in [-0.15, -0.1) is 11.3 Å². The van der Waals surface area contributed by atoms with E-state index in [1.807, 2.05) is 30.5 Å². The Morgan fingerprint density at radius 2 is 2.32 bits per heavy atom. The molecule has 0 fully saturated rings. The van der Waals surface area contributed by atoms with E-state index in [0.717, 1.165) is 22.5 Å². The number of carbonyl (C=O) groups is 1. The summed E-state index contributed by atoms with van der Waals surface area (Å²) in [6.07, 6.45) is 3.24. The van der Waals surface area contributed by atoms with Crippen LogP contribution in [0.5, 0.6) is 0 Å². The van der Waals surface area contributed by atoms with Gasteiger partial charge >= 0.3 is 0 Å². The third kappa shape index (κ3) is 2.75. The summed E-state index contributed by atoms with van der Waals surface area (Å²) in [6.45, 7) is 1.89. The van der Waals surface area contributed by atoms with Gasteiger partial charge in [-0.1, -0.05) is 6.07 Å². The van der Waals surface area contributed by atoms with Crippen molar-refractivity contribution in [3.05, 3.63) is 58.3 Å². The van der Waals surface area contributed by atoms with Crippen LogP contribution in [0.1, 0.15) is 29.2 Å². The largest absolute Gasteiger partial charge is 0.465 e. The Hall–Kier alpha value is -3.17. The van der Waals surface area contributed by atoms with Crippen LogP contribution in [0.3, 0.4) is 0 Å². The van der Waals surface area contributed by atoms with Crippen molar-refractivity contribution < 1.29 is 9.21 Å². The number of fused-ring (bicyclic) bond motifs is 1. The molecule has 0 bridgehead atoms. The van der Waals surface area contributed by atoms with Crippen LogP contribution in [0, 0.1) is 11.3 Å². The number of hydrogen-bond donors (Lipinski definition) is 1. The van der Waals surface area contributed by atoms with E-state index in [1.165, 1.54) is 11.3 Å². The molecule has 2 aromatic heterocycles. The SMILES string of the molecule is CC1C(=O)Nc2ccc(-c3csc(C(C#N)=Cc4ccco4)n3)cc21. The summed E-state index contributed by atoms with van der Waals surface area (Å²) in [5, 5.41) is 14.8. The summed E-state index contributed by atoms with van der Waals surface area (Å²) >= 11 is 1.41. The topological polar surface area (TPSA) is 78.9 Å². The van der Waals surface area contributed by atoms with Gasteiger partial charge < -0.3 is 9.73 Å². The monoisotopic (exact) mass is 347 g/mol. The van der Waals surface area contributed by atoms with Gasteiger partial charge in [-0.05, 0) is 36.8 Å². The summed E-state index contributed by atoms with van der Waals surface area (Å²) in [5.74, 6) is 0.463. The fraction of sp³-hybridized carbons (Fsp3) is 0.105. The Morgan fingerprint density at radius 3 is 3.08 bits per heavy atom. The van der Waals surface area contributed by atoms with Gasteiger partial charge in [-0.3, -0.25) is 4.79 Å². The van der Waals surface area contributed by atoms with Crippen LogP contribution in [-0.2, 0) is 4.79 Å². The summed E-state index contributed by atoms with van der Waals surface area (Å²) in [5.41, 5.74) is 4.00. The van der Waals surface area contributed by atoms with Gasteiger partial charge in [0.25, 0.3) is 0 Å². The van der Waals surface area contributed by atoms with E-state index in [4.69, 9.17) is 4.42 Å². The second-order valence-corrected chi connectivity index (χ2v) is 6.59. The molecule has 1 atom stereocenters. The fourth-order valence-corrected chi connectivity index (χ4v) is 3.56. The normalized spacial score (nSPS) is 16.4. The van der Waals surface area contributed by atoms with E-state index in [1.54, 1.807) is 24.5 Å². The predicted molar refractivity (Wildman–Crippen MR) is 96.8 cm³/mol. The first kappa shape index (κ1) is 15.4. The van der Waals surface area contributed by atoms with E-state index in [9.17, 15) is 10.1 Å². The molecule has 3 aromatic rings. The highest BCUT2D eigenvalue weighted by Crippen LogP contribution is 2.36. The molecule has 5 nitrogen and oxygen atoms in total. The number of nitriles is 1. The fourth-order valence-electron chi connectivity index (χ4n) is 2.76. The van der Waals surface area contributed by atoms with E-state index in [2.05, 4.69) is 16.4 Å². The lowest BCUT2D eigenvalue weighted by Gasteiger charge is -2.03. The quantitative estimate of drug-likeness (QED) is 0.706. The Morgan fingerprint density at radius 1 is 1.44 bits per heavy atom. The maximum Gasteiger partial charge on any atom is 0.231 e. The number of carbonyl (C=O) groups excluding carboxylic acids is 1. The lowest BCUT2D eigenvalue weighted by atomic mass is 9.99. The van der Waals surface area contributed by atoms with Gasteiger partial charge in [0.1, 0.15) is 16.8 Å². The van der Waals surface area contributed by atoms with Gasteiger partial charge in [-0.25, -0.2) is 4.98 Å². The average Bonchev–Trinajstić information content (AvgIpc) is 3.35. The Bertz CT molecular complexity index is 1030. The molecule has 4 rings (SSSR count). The van der Waals surface area contributed by atoms with E-state index >= 15 is 0 Å². The molecule has 0 saturated heterocycles. The second-order valence-electron chi connectivity index (χ2n) is 5.74. The Balaban J connectivity index is 1.69. The van der Waals surface area contributed by atoms with Gasteiger partial charge in [0.05, 0.1) is 23.4 Å². The number of furan rings is 1. The van der Waals surface area contributed by atoms with Crippen LogP contribution in [0.15, 0.2) is 46.4 Å². The van der Waals surface area contributed by atoms with Crippen molar-refractivity contribution >= 4 is 34.6 Å². The molecule has 0 spiro atoms. The van der Waals surface area contributed by atoms with Crippen LogP contribution >= 0.6 is 11.3 Å². The van der Waals surface area contributed by atoms with Gasteiger partial charge in [0, 0.05) is 22.7 Å². The van der Waals surface area contributed by atoms with Gasteiger partial charge in [0.2, 0.25) is 5.91 Å². The first-order valence-electron chi connectivity index (χ1n) is 7.72. The van der Waals surface area contributed by atoms with Crippen LogP contribution in [0.25, 0.3) is 22.9 Å². The number of allylic oxidation sites excluding steroid dienone is 1. The number of nitrogens with zero attached hydrogens (tertiary/aromatic N) is 2. The van der Waals surface area contributed by atoms with E-state index in [0.29, 0.717) is 16.3 Å². The van der Waals surface area contributed by atoms with Crippen molar-refractivity contribution in [1.82, 2.24) is 4.98 Å². The number of nitrogens with one attached hydrogen (secondary N) is 1. The van der Waals surface area contributed by atoms with Crippen molar-refractivity contribution in [2.75, 3.05) is 5.32 Å². The van der Waals surface area contributed by atoms with Crippen molar-refractivity contribution in [3.8, 4) is 17.3 Å². The third-order valence-electron chi connectivity index (χ3n) is 4.15. The van der Waals surface area contributed by atoms with Gasteiger partial charge in [0.15, 0.2) is 0 Å². The number of aromatic nitrogens is 1. The zero-order valence-electron chi connectivity index (χ0n) is 13.3. The molecule has 0 saturated carbocycles. The number of amides is 1. The summed E-state index contributed by atoms with van der Waals surface area (Å²) < 4.78 is 5.26. The molecular formula is C19H13N3O2S. The van der Waals surface area contributed by atoms with E-state index in [-0.39, 0.29) is 11.8 Å². The van der Waals surface area contributed by atoms with Crippen LogP contribution < -0.4 is 5.32 Å². The lowest BCUT2D eigenvalue weighted by Crippen LogP contribution is -2.08. The molecule has 0 radical (unpaired) electrons. The smallest absolute Gasteiger partial charge is 0.231 e. The highest BCUT2D eigenvalue weighted by Gasteiger charge is 2.26. The van der Waals surface area contributed by atoms with E-state index < -0.39 is 0 Å². The molecule has 25 heavy (non-hydrogen) atoms. The zero-order chi connectivity index (χ0) is 17.4. The highest BCUT2D eigenvalue weighted by molar-refractivity contribution is 7.11. The van der Waals surface area contributed by atoms with Crippen LogP contribution in [0.2, 0.25) is 0 Å². The summed E-state index contributed by atoms with van der Waals surface area (Å²) in [7, 11) is 0. The first-order chi connectivity index (χ1) is 12.2. The summed E-state index contributed by atoms with van der Waals surface area (Å²) in [4.78, 5) is 16.4. The molecule has 1 aromatic carbocycles. The molecule has 1 amide bonds. The maximum absolute atomic E-state index is 11.8. The number of thiazole rings is 1. The first-order valence-corrected chi connectivity index (χ1v) is 8.60.